The van der Waals surface area contributed by atoms with Gasteiger partial charge in [-0.05, 0) is 87.3 Å². The number of Topliss-reactive ketones (excluding diaryl/α,β-unsaturated/α-hetero) is 1. The molecule has 0 aromatic heterocycles. The zero-order valence-electron chi connectivity index (χ0n) is 25.1. The summed E-state index contributed by atoms with van der Waals surface area (Å²) < 4.78 is 24.2. The molecular formula is C32H36O11S2. The Morgan fingerprint density at radius 1 is 0.733 bits per heavy atom. The second-order valence-corrected chi connectivity index (χ2v) is 13.1. The topological polar surface area (TPSA) is 149 Å². The summed E-state index contributed by atoms with van der Waals surface area (Å²) in [5.41, 5.74) is 0.584. The van der Waals surface area contributed by atoms with Gasteiger partial charge in [-0.25, -0.2) is 19.2 Å². The van der Waals surface area contributed by atoms with Crippen LogP contribution >= 0.6 is 23.5 Å². The van der Waals surface area contributed by atoms with Gasteiger partial charge >= 0.3 is 28.5 Å². The predicted molar refractivity (Wildman–Crippen MR) is 167 cm³/mol. The number of esters is 3. The summed E-state index contributed by atoms with van der Waals surface area (Å²) in [6, 6.07) is 16.3. The molecule has 0 bridgehead atoms. The Hall–Kier alpha value is -3.84. The fourth-order valence-electron chi connectivity index (χ4n) is 4.21. The van der Waals surface area contributed by atoms with E-state index in [0.717, 1.165) is 32.1 Å². The monoisotopic (exact) mass is 660 g/mol. The lowest BCUT2D eigenvalue weighted by molar-refractivity contribution is -0.156. The first-order valence-electron chi connectivity index (χ1n) is 14.4. The van der Waals surface area contributed by atoms with E-state index in [0.29, 0.717) is 29.1 Å². The number of rotatable bonds is 14. The third-order valence-corrected chi connectivity index (χ3v) is 8.71. The normalized spacial score (nSPS) is 14.0. The van der Waals surface area contributed by atoms with Gasteiger partial charge in [0.15, 0.2) is 0 Å². The molecule has 1 saturated carbocycles. The minimum Gasteiger partial charge on any atom is -0.462 e. The molecule has 0 radical (unpaired) electrons. The number of hydrogen-bond donors (Lipinski definition) is 0. The van der Waals surface area contributed by atoms with E-state index in [4.69, 9.17) is 23.7 Å². The predicted octanol–water partition coefficient (Wildman–Crippen LogP) is 6.58. The maximum absolute atomic E-state index is 13.3. The van der Waals surface area contributed by atoms with Gasteiger partial charge in [0.2, 0.25) is 13.6 Å². The highest BCUT2D eigenvalue weighted by molar-refractivity contribution is 8.15. The molecule has 11 nitrogen and oxygen atoms in total. The van der Waals surface area contributed by atoms with E-state index >= 15 is 0 Å². The van der Waals surface area contributed by atoms with Crippen LogP contribution in [0.1, 0.15) is 73.1 Å². The summed E-state index contributed by atoms with van der Waals surface area (Å²) in [7, 11) is 0. The number of carbonyl (C=O) groups excluding carboxylic acids is 6. The van der Waals surface area contributed by atoms with Crippen molar-refractivity contribution in [2.75, 3.05) is 19.3 Å². The number of ether oxygens (including phenoxy) is 5. The van der Waals surface area contributed by atoms with Gasteiger partial charge in [-0.1, -0.05) is 42.8 Å². The smallest absolute Gasteiger partial charge is 0.371 e. The van der Waals surface area contributed by atoms with E-state index in [1.807, 2.05) is 0 Å². The van der Waals surface area contributed by atoms with Crippen molar-refractivity contribution >= 4 is 57.8 Å². The van der Waals surface area contributed by atoms with Gasteiger partial charge in [-0.15, -0.1) is 0 Å². The zero-order chi connectivity index (χ0) is 32.7. The van der Waals surface area contributed by atoms with Crippen LogP contribution in [-0.4, -0.2) is 64.5 Å². The van der Waals surface area contributed by atoms with Crippen LogP contribution in [0.5, 0.6) is 0 Å². The first kappa shape index (κ1) is 35.6. The molecule has 0 saturated heterocycles. The van der Waals surface area contributed by atoms with Gasteiger partial charge in [0, 0.05) is 12.2 Å². The van der Waals surface area contributed by atoms with E-state index in [1.54, 1.807) is 60.7 Å². The molecule has 0 aliphatic heterocycles. The lowest BCUT2D eigenvalue weighted by Crippen LogP contribution is -2.35. The highest BCUT2D eigenvalue weighted by Crippen LogP contribution is 2.31. The van der Waals surface area contributed by atoms with Gasteiger partial charge in [0.25, 0.3) is 0 Å². The van der Waals surface area contributed by atoms with E-state index in [1.165, 1.54) is 13.8 Å². The average Bonchev–Trinajstić information content (AvgIpc) is 3.03. The highest BCUT2D eigenvalue weighted by atomic mass is 32.2. The Kier molecular flexibility index (Phi) is 14.4. The molecule has 2 aromatic rings. The molecule has 13 heteroatoms. The fourth-order valence-corrected chi connectivity index (χ4v) is 5.65. The number of ketones is 1. The maximum Gasteiger partial charge on any atom is 0.371 e. The average molecular weight is 661 g/mol. The summed E-state index contributed by atoms with van der Waals surface area (Å²) >= 11 is 1.23. The van der Waals surface area contributed by atoms with E-state index in [2.05, 4.69) is 0 Å². The largest absolute Gasteiger partial charge is 0.462 e. The van der Waals surface area contributed by atoms with Crippen LogP contribution in [0.2, 0.25) is 0 Å². The van der Waals surface area contributed by atoms with Crippen LogP contribution in [0.25, 0.3) is 0 Å². The van der Waals surface area contributed by atoms with Crippen molar-refractivity contribution in [3.05, 3.63) is 71.8 Å². The summed E-state index contributed by atoms with van der Waals surface area (Å²) in [6.07, 6.45) is 3.76. The van der Waals surface area contributed by atoms with Crippen molar-refractivity contribution in [3.63, 3.8) is 0 Å². The van der Waals surface area contributed by atoms with Crippen LogP contribution in [0, 0.1) is 5.92 Å². The Morgan fingerprint density at radius 3 is 1.78 bits per heavy atom. The first-order valence-corrected chi connectivity index (χ1v) is 16.2. The number of thioether (sulfide) groups is 2. The number of benzene rings is 2. The lowest BCUT2D eigenvalue weighted by atomic mass is 9.95. The van der Waals surface area contributed by atoms with Gasteiger partial charge < -0.3 is 23.7 Å². The van der Waals surface area contributed by atoms with E-state index in [-0.39, 0.29) is 23.8 Å². The quantitative estimate of drug-likeness (QED) is 0.122. The minimum absolute atomic E-state index is 0.136. The highest BCUT2D eigenvalue weighted by Gasteiger charge is 2.37. The van der Waals surface area contributed by atoms with Gasteiger partial charge in [0.05, 0.1) is 21.8 Å². The summed E-state index contributed by atoms with van der Waals surface area (Å²) in [4.78, 5) is 75.3. The van der Waals surface area contributed by atoms with Crippen LogP contribution in [0.15, 0.2) is 60.7 Å². The van der Waals surface area contributed by atoms with Crippen molar-refractivity contribution in [1.29, 1.82) is 0 Å². The van der Waals surface area contributed by atoms with Crippen molar-refractivity contribution in [3.8, 4) is 0 Å². The van der Waals surface area contributed by atoms with Crippen LogP contribution in [0.3, 0.4) is 0 Å². The van der Waals surface area contributed by atoms with Crippen LogP contribution in [0.4, 0.5) is 9.59 Å². The summed E-state index contributed by atoms with van der Waals surface area (Å²) in [5.74, 6) is -3.56. The van der Waals surface area contributed by atoms with Gasteiger partial charge in [-0.3, -0.25) is 9.59 Å². The maximum atomic E-state index is 13.3. The molecule has 0 heterocycles. The molecule has 1 atom stereocenters. The van der Waals surface area contributed by atoms with Crippen molar-refractivity contribution in [2.24, 2.45) is 5.92 Å². The molecule has 0 spiro atoms. The minimum atomic E-state index is -1.32. The third-order valence-electron chi connectivity index (χ3n) is 6.77. The van der Waals surface area contributed by atoms with Gasteiger partial charge in [-0.2, -0.15) is 0 Å². The second kappa shape index (κ2) is 18.2. The first-order chi connectivity index (χ1) is 21.5. The zero-order valence-corrected chi connectivity index (χ0v) is 26.7. The van der Waals surface area contributed by atoms with Crippen LogP contribution < -0.4 is 0 Å². The molecule has 1 aliphatic carbocycles. The molecule has 242 valence electrons. The fraction of sp³-hybridized carbons (Fsp3) is 0.438. The molecule has 0 unspecified atom stereocenters. The van der Waals surface area contributed by atoms with Crippen LogP contribution in [-0.2, 0) is 33.3 Å². The number of carbonyl (C=O) groups is 6. The summed E-state index contributed by atoms with van der Waals surface area (Å²) in [5, 5.41) is -1.65. The molecule has 3 rings (SSSR count). The number of hydrogen-bond acceptors (Lipinski definition) is 13. The Balaban J connectivity index is 1.51. The molecule has 1 aliphatic rings. The molecule has 45 heavy (non-hydrogen) atoms. The Labute approximate surface area is 270 Å². The second-order valence-electron chi connectivity index (χ2n) is 10.6. The lowest BCUT2D eigenvalue weighted by Gasteiger charge is -2.26. The molecule has 0 N–H and O–H groups in total. The van der Waals surface area contributed by atoms with Crippen molar-refractivity contribution in [1.82, 2.24) is 0 Å². The molecule has 2 aromatic carbocycles. The van der Waals surface area contributed by atoms with Crippen molar-refractivity contribution < 1.29 is 52.5 Å². The van der Waals surface area contributed by atoms with E-state index < -0.39 is 58.5 Å². The Bertz CT molecular complexity index is 1310. The molecule has 1 fully saturated rings. The summed E-state index contributed by atoms with van der Waals surface area (Å²) in [6.45, 7) is 1.74. The Morgan fingerprint density at radius 2 is 1.24 bits per heavy atom. The van der Waals surface area contributed by atoms with Gasteiger partial charge in [0.1, 0.15) is 11.9 Å². The van der Waals surface area contributed by atoms with E-state index in [9.17, 15) is 28.8 Å². The SMILES string of the molecule is CC(C)(SC(=O)OCOC(=O)c1ccccc1)C(=O)C[C@@H](CSC(=O)OCOC(=O)c1ccccc1)C(=O)OC1CCCCC1. The van der Waals surface area contributed by atoms with Crippen molar-refractivity contribution in [2.45, 2.75) is 63.2 Å². The molecule has 0 amide bonds. The standard InChI is InChI=1S/C32H36O11S2/c1-32(2,45-31(38)42-21-40-28(35)23-14-8-4-9-15-23)26(33)18-24(29(36)43-25-16-10-5-11-17-25)19-44-30(37)41-20-39-27(34)22-12-6-3-7-13-22/h3-4,6-9,12-15,24-25H,5,10-11,16-21H2,1-2H3/t24-/m0/s1. The third kappa shape index (κ3) is 12.6. The molecular weight excluding hydrogens is 624 g/mol.